The molecule has 0 aromatic carbocycles. The zero-order chi connectivity index (χ0) is 13.0. The Morgan fingerprint density at radius 2 is 1.78 bits per heavy atom. The van der Waals surface area contributed by atoms with Gasteiger partial charge in [-0.15, -0.1) is 0 Å². The van der Waals surface area contributed by atoms with Crippen LogP contribution in [0.15, 0.2) is 0 Å². The molecule has 0 bridgehead atoms. The lowest BCUT2D eigenvalue weighted by atomic mass is 10.3. The highest BCUT2D eigenvalue weighted by Crippen LogP contribution is 2.18. The Labute approximate surface area is 108 Å². The molecule has 102 valence electrons. The largest absolute Gasteiger partial charge is 0.352 e. The van der Waals surface area contributed by atoms with Crippen molar-refractivity contribution in [2.75, 3.05) is 46.3 Å². The van der Waals surface area contributed by atoms with Crippen molar-refractivity contribution in [3.8, 4) is 0 Å². The Morgan fingerprint density at radius 1 is 1.11 bits per heavy atom. The van der Waals surface area contributed by atoms with Crippen molar-refractivity contribution >= 4 is 11.8 Å². The first-order valence-electron chi connectivity index (χ1n) is 6.61. The van der Waals surface area contributed by atoms with Crippen LogP contribution < -0.4 is 10.6 Å². The van der Waals surface area contributed by atoms with Gasteiger partial charge >= 0.3 is 0 Å². The number of piperazine rings is 1. The van der Waals surface area contributed by atoms with Crippen LogP contribution in [-0.4, -0.2) is 74.0 Å². The Hall–Kier alpha value is -1.14. The third-order valence-electron chi connectivity index (χ3n) is 3.36. The molecule has 1 heterocycles. The van der Waals surface area contributed by atoms with E-state index < -0.39 is 0 Å². The normalized spacial score (nSPS) is 20.8. The Kier molecular flexibility index (Phi) is 4.54. The van der Waals surface area contributed by atoms with E-state index in [-0.39, 0.29) is 24.9 Å². The van der Waals surface area contributed by atoms with Crippen LogP contribution in [0.3, 0.4) is 0 Å². The number of nitrogens with one attached hydrogen (secondary N) is 2. The smallest absolute Gasteiger partial charge is 0.236 e. The van der Waals surface area contributed by atoms with E-state index in [9.17, 15) is 9.59 Å². The van der Waals surface area contributed by atoms with Crippen molar-refractivity contribution in [3.05, 3.63) is 0 Å². The summed E-state index contributed by atoms with van der Waals surface area (Å²) in [7, 11) is 2.06. The van der Waals surface area contributed by atoms with Crippen molar-refractivity contribution in [2.24, 2.45) is 0 Å². The summed E-state index contributed by atoms with van der Waals surface area (Å²) in [5.74, 6) is 0.0750. The molecule has 0 aromatic heterocycles. The zero-order valence-electron chi connectivity index (χ0n) is 10.9. The maximum absolute atomic E-state index is 11.8. The molecule has 0 unspecified atom stereocenters. The van der Waals surface area contributed by atoms with Crippen LogP contribution in [-0.2, 0) is 9.59 Å². The van der Waals surface area contributed by atoms with E-state index >= 15 is 0 Å². The minimum Gasteiger partial charge on any atom is -0.352 e. The lowest BCUT2D eigenvalue weighted by molar-refractivity contribution is -0.131. The van der Waals surface area contributed by atoms with Crippen LogP contribution in [0.1, 0.15) is 12.8 Å². The van der Waals surface area contributed by atoms with E-state index in [0.717, 1.165) is 39.0 Å². The third-order valence-corrected chi connectivity index (χ3v) is 3.36. The molecule has 0 radical (unpaired) electrons. The first kappa shape index (κ1) is 13.3. The number of hydrogen-bond acceptors (Lipinski definition) is 4. The summed E-state index contributed by atoms with van der Waals surface area (Å²) >= 11 is 0. The van der Waals surface area contributed by atoms with Gasteiger partial charge in [-0.25, -0.2) is 0 Å². The fourth-order valence-corrected chi connectivity index (χ4v) is 1.96. The van der Waals surface area contributed by atoms with Crippen molar-refractivity contribution in [2.45, 2.75) is 18.9 Å². The number of likely N-dealkylation sites (N-methyl/N-ethyl adjacent to an activating group) is 1. The second kappa shape index (κ2) is 6.15. The highest BCUT2D eigenvalue weighted by Gasteiger charge is 2.23. The molecule has 6 nitrogen and oxygen atoms in total. The van der Waals surface area contributed by atoms with E-state index in [1.807, 2.05) is 4.90 Å². The van der Waals surface area contributed by atoms with Gasteiger partial charge in [0.1, 0.15) is 0 Å². The quantitative estimate of drug-likeness (QED) is 0.635. The fourth-order valence-electron chi connectivity index (χ4n) is 1.96. The molecule has 18 heavy (non-hydrogen) atoms. The average Bonchev–Trinajstić information content (AvgIpc) is 3.13. The third kappa shape index (κ3) is 4.27. The number of rotatable bonds is 5. The molecule has 1 aliphatic heterocycles. The maximum atomic E-state index is 11.8. The molecule has 0 spiro atoms. The number of nitrogens with zero attached hydrogens (tertiary/aromatic N) is 2. The predicted molar refractivity (Wildman–Crippen MR) is 68.1 cm³/mol. The second-order valence-electron chi connectivity index (χ2n) is 5.13. The SMILES string of the molecule is CN1CCN(C(=O)CNCC(=O)NC2CC2)CC1. The van der Waals surface area contributed by atoms with E-state index in [2.05, 4.69) is 22.6 Å². The standard InChI is InChI=1S/C12H22N4O2/c1-15-4-6-16(7-5-15)12(18)9-13-8-11(17)14-10-2-3-10/h10,13H,2-9H2,1H3,(H,14,17). The Bertz CT molecular complexity index is 309. The summed E-state index contributed by atoms with van der Waals surface area (Å²) < 4.78 is 0. The molecule has 2 rings (SSSR count). The van der Waals surface area contributed by atoms with Crippen LogP contribution in [0.2, 0.25) is 0 Å². The van der Waals surface area contributed by atoms with Crippen LogP contribution in [0.25, 0.3) is 0 Å². The van der Waals surface area contributed by atoms with Crippen molar-refractivity contribution in [3.63, 3.8) is 0 Å². The number of carbonyl (C=O) groups is 2. The van der Waals surface area contributed by atoms with Gasteiger partial charge < -0.3 is 15.1 Å². The van der Waals surface area contributed by atoms with Crippen molar-refractivity contribution < 1.29 is 9.59 Å². The highest BCUT2D eigenvalue weighted by atomic mass is 16.2. The van der Waals surface area contributed by atoms with Crippen molar-refractivity contribution in [1.82, 2.24) is 20.4 Å². The van der Waals surface area contributed by atoms with Crippen LogP contribution >= 0.6 is 0 Å². The van der Waals surface area contributed by atoms with E-state index in [4.69, 9.17) is 0 Å². The van der Waals surface area contributed by atoms with Crippen LogP contribution in [0.5, 0.6) is 0 Å². The first-order valence-corrected chi connectivity index (χ1v) is 6.61. The lowest BCUT2D eigenvalue weighted by Crippen LogP contribution is -2.50. The Balaban J connectivity index is 1.57. The van der Waals surface area contributed by atoms with E-state index in [1.165, 1.54) is 0 Å². The summed E-state index contributed by atoms with van der Waals surface area (Å²) in [6, 6.07) is 0.382. The summed E-state index contributed by atoms with van der Waals surface area (Å²) in [5.41, 5.74) is 0. The summed E-state index contributed by atoms with van der Waals surface area (Å²) in [6.45, 7) is 3.90. The van der Waals surface area contributed by atoms with E-state index in [1.54, 1.807) is 0 Å². The second-order valence-corrected chi connectivity index (χ2v) is 5.13. The Morgan fingerprint density at radius 3 is 2.39 bits per heavy atom. The molecule has 0 atom stereocenters. The molecular formula is C12H22N4O2. The van der Waals surface area contributed by atoms with Gasteiger partial charge in [-0.2, -0.15) is 0 Å². The topological polar surface area (TPSA) is 64.7 Å². The molecule has 0 aromatic rings. The first-order chi connectivity index (χ1) is 8.65. The van der Waals surface area contributed by atoms with Gasteiger partial charge in [0.2, 0.25) is 11.8 Å². The summed E-state index contributed by atoms with van der Waals surface area (Å²) in [6.07, 6.45) is 2.18. The molecule has 2 amide bonds. The van der Waals surface area contributed by atoms with Gasteiger partial charge in [-0.05, 0) is 19.9 Å². The molecule has 1 saturated carbocycles. The molecule has 2 aliphatic rings. The number of amides is 2. The van der Waals surface area contributed by atoms with Crippen LogP contribution in [0.4, 0.5) is 0 Å². The van der Waals surface area contributed by atoms with Crippen LogP contribution in [0, 0.1) is 0 Å². The summed E-state index contributed by atoms with van der Waals surface area (Å²) in [4.78, 5) is 27.3. The van der Waals surface area contributed by atoms with Gasteiger partial charge in [0.25, 0.3) is 0 Å². The monoisotopic (exact) mass is 254 g/mol. The minimum absolute atomic E-state index is 0.0105. The van der Waals surface area contributed by atoms with Gasteiger partial charge in [0.15, 0.2) is 0 Å². The zero-order valence-corrected chi connectivity index (χ0v) is 10.9. The average molecular weight is 254 g/mol. The molecule has 1 aliphatic carbocycles. The fraction of sp³-hybridized carbons (Fsp3) is 0.833. The predicted octanol–water partition coefficient (Wildman–Crippen LogP) is -1.37. The lowest BCUT2D eigenvalue weighted by Gasteiger charge is -2.32. The molecule has 1 saturated heterocycles. The molecule has 6 heteroatoms. The number of carbonyl (C=O) groups excluding carboxylic acids is 2. The number of hydrogen-bond donors (Lipinski definition) is 2. The summed E-state index contributed by atoms with van der Waals surface area (Å²) in [5, 5.41) is 5.79. The molecular weight excluding hydrogens is 232 g/mol. The van der Waals surface area contributed by atoms with E-state index in [0.29, 0.717) is 6.04 Å². The van der Waals surface area contributed by atoms with Gasteiger partial charge in [0.05, 0.1) is 13.1 Å². The minimum atomic E-state index is -0.0105. The molecule has 2 N–H and O–H groups in total. The van der Waals surface area contributed by atoms with Crippen molar-refractivity contribution in [1.29, 1.82) is 0 Å². The van der Waals surface area contributed by atoms with Gasteiger partial charge in [0, 0.05) is 32.2 Å². The highest BCUT2D eigenvalue weighted by molar-refractivity contribution is 5.81. The molecule has 2 fully saturated rings. The maximum Gasteiger partial charge on any atom is 0.236 e. The van der Waals surface area contributed by atoms with Gasteiger partial charge in [-0.3, -0.25) is 14.9 Å². The van der Waals surface area contributed by atoms with Gasteiger partial charge in [-0.1, -0.05) is 0 Å².